The fourth-order valence-electron chi connectivity index (χ4n) is 3.18. The standard InChI is InChI=1S/C16H28BNO5/c1-15(2)16(3,4)23-17(22-15)10-5-11-18(14(20)21)12-6-8-13(19)9-7-12/h12H,5-11H2,1-4H3,(H,20,21). The van der Waals surface area contributed by atoms with Crippen molar-refractivity contribution in [2.75, 3.05) is 6.54 Å². The van der Waals surface area contributed by atoms with Gasteiger partial charge in [0.05, 0.1) is 11.2 Å². The summed E-state index contributed by atoms with van der Waals surface area (Å²) in [5, 5.41) is 9.43. The van der Waals surface area contributed by atoms with Crippen LogP contribution in [0.1, 0.15) is 59.8 Å². The van der Waals surface area contributed by atoms with Crippen LogP contribution in [-0.2, 0) is 14.1 Å². The molecule has 1 saturated carbocycles. The average molecular weight is 325 g/mol. The summed E-state index contributed by atoms with van der Waals surface area (Å²) in [6, 6.07) is -0.0384. The highest BCUT2D eigenvalue weighted by molar-refractivity contribution is 6.45. The molecule has 23 heavy (non-hydrogen) atoms. The van der Waals surface area contributed by atoms with Gasteiger partial charge in [0.1, 0.15) is 5.78 Å². The van der Waals surface area contributed by atoms with Gasteiger partial charge in [-0.15, -0.1) is 0 Å². The molecule has 2 rings (SSSR count). The number of hydrogen-bond donors (Lipinski definition) is 1. The molecule has 1 saturated heterocycles. The van der Waals surface area contributed by atoms with E-state index in [9.17, 15) is 14.7 Å². The van der Waals surface area contributed by atoms with Crippen molar-refractivity contribution in [1.29, 1.82) is 0 Å². The molecule has 7 heteroatoms. The molecule has 6 nitrogen and oxygen atoms in total. The van der Waals surface area contributed by atoms with Crippen molar-refractivity contribution in [3.05, 3.63) is 0 Å². The third kappa shape index (κ3) is 4.26. The Morgan fingerprint density at radius 2 is 1.74 bits per heavy atom. The Kier molecular flexibility index (Phi) is 5.41. The molecule has 1 amide bonds. The van der Waals surface area contributed by atoms with E-state index in [1.54, 1.807) is 0 Å². The normalized spacial score (nSPS) is 24.0. The highest BCUT2D eigenvalue weighted by atomic mass is 16.7. The molecule has 2 fully saturated rings. The van der Waals surface area contributed by atoms with E-state index in [0.29, 0.717) is 45.0 Å². The monoisotopic (exact) mass is 325 g/mol. The van der Waals surface area contributed by atoms with Gasteiger partial charge in [-0.25, -0.2) is 4.79 Å². The lowest BCUT2D eigenvalue weighted by molar-refractivity contribution is -0.121. The topological polar surface area (TPSA) is 76.1 Å². The predicted molar refractivity (Wildman–Crippen MR) is 87.5 cm³/mol. The number of Topliss-reactive ketones (excluding diaryl/α,β-unsaturated/α-hetero) is 1. The van der Waals surface area contributed by atoms with Crippen molar-refractivity contribution in [2.24, 2.45) is 0 Å². The molecule has 0 atom stereocenters. The van der Waals surface area contributed by atoms with Gasteiger partial charge in [-0.2, -0.15) is 0 Å². The minimum absolute atomic E-state index is 0.0384. The van der Waals surface area contributed by atoms with Crippen molar-refractivity contribution >= 4 is 19.0 Å². The van der Waals surface area contributed by atoms with Crippen LogP contribution in [0.4, 0.5) is 4.79 Å². The van der Waals surface area contributed by atoms with Crippen molar-refractivity contribution in [3.63, 3.8) is 0 Å². The number of carbonyl (C=O) groups excluding carboxylic acids is 1. The van der Waals surface area contributed by atoms with Crippen molar-refractivity contribution in [3.8, 4) is 0 Å². The van der Waals surface area contributed by atoms with Gasteiger partial charge < -0.3 is 19.3 Å². The largest absolute Gasteiger partial charge is 0.465 e. The molecule has 1 aliphatic heterocycles. The van der Waals surface area contributed by atoms with Crippen molar-refractivity contribution < 1.29 is 24.0 Å². The van der Waals surface area contributed by atoms with Gasteiger partial charge in [0.15, 0.2) is 0 Å². The average Bonchev–Trinajstić information content (AvgIpc) is 2.64. The number of hydrogen-bond acceptors (Lipinski definition) is 4. The first-order chi connectivity index (χ1) is 10.6. The Hall–Kier alpha value is -1.08. The van der Waals surface area contributed by atoms with E-state index in [2.05, 4.69) is 0 Å². The third-order valence-electron chi connectivity index (χ3n) is 5.34. The van der Waals surface area contributed by atoms with Crippen LogP contribution in [0.15, 0.2) is 0 Å². The van der Waals surface area contributed by atoms with E-state index in [4.69, 9.17) is 9.31 Å². The summed E-state index contributed by atoms with van der Waals surface area (Å²) in [4.78, 5) is 24.3. The van der Waals surface area contributed by atoms with Crippen LogP contribution in [0.3, 0.4) is 0 Å². The smallest absolute Gasteiger partial charge is 0.457 e. The van der Waals surface area contributed by atoms with E-state index >= 15 is 0 Å². The van der Waals surface area contributed by atoms with Gasteiger partial charge in [-0.05, 0) is 53.3 Å². The maximum atomic E-state index is 11.5. The Morgan fingerprint density at radius 1 is 1.22 bits per heavy atom. The summed E-state index contributed by atoms with van der Waals surface area (Å²) in [7, 11) is -0.288. The molecule has 1 aliphatic carbocycles. The fourth-order valence-corrected chi connectivity index (χ4v) is 3.18. The summed E-state index contributed by atoms with van der Waals surface area (Å²) >= 11 is 0. The first kappa shape index (κ1) is 18.3. The second kappa shape index (κ2) is 6.81. The van der Waals surface area contributed by atoms with E-state index in [1.807, 2.05) is 27.7 Å². The van der Waals surface area contributed by atoms with Crippen LogP contribution < -0.4 is 0 Å². The Labute approximate surface area is 138 Å². The van der Waals surface area contributed by atoms with Gasteiger partial charge in [0.25, 0.3) is 0 Å². The Morgan fingerprint density at radius 3 is 2.22 bits per heavy atom. The van der Waals surface area contributed by atoms with Crippen LogP contribution in [0.25, 0.3) is 0 Å². The van der Waals surface area contributed by atoms with Crippen LogP contribution in [0.2, 0.25) is 6.32 Å². The van der Waals surface area contributed by atoms with Crippen LogP contribution in [-0.4, -0.2) is 52.8 Å². The molecule has 0 aromatic heterocycles. The maximum absolute atomic E-state index is 11.5. The fraction of sp³-hybridized carbons (Fsp3) is 0.875. The van der Waals surface area contributed by atoms with Crippen molar-refractivity contribution in [1.82, 2.24) is 4.90 Å². The molecule has 0 bridgehead atoms. The van der Waals surface area contributed by atoms with Gasteiger partial charge in [-0.3, -0.25) is 4.79 Å². The number of rotatable bonds is 5. The number of nitrogens with zero attached hydrogens (tertiary/aromatic N) is 1. The Bertz CT molecular complexity index is 439. The van der Waals surface area contributed by atoms with Crippen molar-refractivity contribution in [2.45, 2.75) is 83.4 Å². The van der Waals surface area contributed by atoms with Gasteiger partial charge in [0, 0.05) is 25.4 Å². The number of carboxylic acid groups (broad SMARTS) is 1. The number of amides is 1. The molecule has 0 radical (unpaired) electrons. The first-order valence-electron chi connectivity index (χ1n) is 8.49. The summed E-state index contributed by atoms with van der Waals surface area (Å²) in [6.45, 7) is 8.49. The summed E-state index contributed by atoms with van der Waals surface area (Å²) in [6.07, 6.45) is 2.72. The number of ketones is 1. The second-order valence-corrected chi connectivity index (χ2v) is 7.57. The minimum Gasteiger partial charge on any atom is -0.465 e. The van der Waals surface area contributed by atoms with E-state index in [0.717, 1.165) is 0 Å². The first-order valence-corrected chi connectivity index (χ1v) is 8.49. The third-order valence-corrected chi connectivity index (χ3v) is 5.34. The Balaban J connectivity index is 1.82. The van der Waals surface area contributed by atoms with Gasteiger partial charge >= 0.3 is 13.2 Å². The molecule has 1 heterocycles. The quantitative estimate of drug-likeness (QED) is 0.787. The molecule has 1 N–H and O–H groups in total. The molecule has 0 spiro atoms. The van der Waals surface area contributed by atoms with Crippen LogP contribution in [0, 0.1) is 0 Å². The predicted octanol–water partition coefficient (Wildman–Crippen LogP) is 2.96. The van der Waals surface area contributed by atoms with E-state index in [1.165, 1.54) is 4.90 Å². The summed E-state index contributed by atoms with van der Waals surface area (Å²) in [5.41, 5.74) is -0.707. The zero-order chi connectivity index (χ0) is 17.3. The summed E-state index contributed by atoms with van der Waals surface area (Å²) < 4.78 is 11.9. The summed E-state index contributed by atoms with van der Waals surface area (Å²) in [5.74, 6) is 0.240. The number of carbonyl (C=O) groups is 2. The second-order valence-electron chi connectivity index (χ2n) is 7.57. The van der Waals surface area contributed by atoms with Crippen LogP contribution >= 0.6 is 0 Å². The van der Waals surface area contributed by atoms with E-state index < -0.39 is 6.09 Å². The van der Waals surface area contributed by atoms with Crippen LogP contribution in [0.5, 0.6) is 0 Å². The zero-order valence-electron chi connectivity index (χ0n) is 14.6. The SMILES string of the molecule is CC1(C)OB(CCCN(C(=O)O)C2CCC(=O)CC2)OC1(C)C. The van der Waals surface area contributed by atoms with Gasteiger partial charge in [0.2, 0.25) is 0 Å². The molecule has 0 aromatic rings. The lowest BCUT2D eigenvalue weighted by atomic mass is 9.83. The molecule has 0 aromatic carbocycles. The van der Waals surface area contributed by atoms with Gasteiger partial charge in [-0.1, -0.05) is 0 Å². The molecule has 2 aliphatic rings. The lowest BCUT2D eigenvalue weighted by Crippen LogP contribution is -2.42. The highest BCUT2D eigenvalue weighted by Crippen LogP contribution is 2.38. The minimum atomic E-state index is -0.904. The van der Waals surface area contributed by atoms with E-state index in [-0.39, 0.29) is 30.1 Å². The lowest BCUT2D eigenvalue weighted by Gasteiger charge is -2.32. The highest BCUT2D eigenvalue weighted by Gasteiger charge is 2.50. The zero-order valence-corrected chi connectivity index (χ0v) is 14.6. The maximum Gasteiger partial charge on any atom is 0.457 e. The molecular formula is C16H28BNO5. The molecular weight excluding hydrogens is 297 g/mol. The molecule has 0 unspecified atom stereocenters. The molecule has 130 valence electrons.